The van der Waals surface area contributed by atoms with E-state index < -0.39 is 23.9 Å². The van der Waals surface area contributed by atoms with E-state index in [2.05, 4.69) is 5.32 Å². The first-order chi connectivity index (χ1) is 21.2. The van der Waals surface area contributed by atoms with Crippen LogP contribution in [0.2, 0.25) is 5.02 Å². The number of hydrogen-bond acceptors (Lipinski definition) is 7. The van der Waals surface area contributed by atoms with Crippen LogP contribution in [0.15, 0.2) is 89.5 Å². The zero-order valence-corrected chi connectivity index (χ0v) is 25.5. The first-order valence-electron chi connectivity index (χ1n) is 14.7. The zero-order chi connectivity index (χ0) is 31.4. The number of imide groups is 1. The highest BCUT2D eigenvalue weighted by atomic mass is 35.5. The molecular formula is C35H37ClN2O6. The van der Waals surface area contributed by atoms with Crippen molar-refractivity contribution in [1.29, 1.82) is 0 Å². The summed E-state index contributed by atoms with van der Waals surface area (Å²) in [5.41, 5.74) is 5.24. The van der Waals surface area contributed by atoms with Crippen LogP contribution in [0.1, 0.15) is 31.7 Å². The number of rotatable bonds is 11. The number of methoxy groups -OCH3 is 1. The minimum Gasteiger partial charge on any atom is -0.508 e. The molecule has 2 aliphatic rings. The maximum atomic E-state index is 13.9. The van der Waals surface area contributed by atoms with Gasteiger partial charge in [0.1, 0.15) is 5.75 Å². The van der Waals surface area contributed by atoms with Crippen LogP contribution in [0.5, 0.6) is 5.75 Å². The molecule has 1 heterocycles. The molecule has 0 bridgehead atoms. The number of phenols is 1. The molecule has 1 fully saturated rings. The number of amides is 2. The van der Waals surface area contributed by atoms with E-state index in [-0.39, 0.29) is 37.2 Å². The molecule has 0 unspecified atom stereocenters. The Labute approximate surface area is 262 Å². The molecule has 1 aliphatic carbocycles. The normalized spacial score (nSPS) is 21.1. The van der Waals surface area contributed by atoms with E-state index in [0.717, 1.165) is 28.1 Å². The fourth-order valence-electron chi connectivity index (χ4n) is 6.39. The standard InChI is InChI=1S/C35H37ClN2O6/c1-21(16-22-9-14-27(40)18-30(22)36)8-15-31(41)32-23(20-44-2)17-28-33(29(32)19-39)35(43)38(34(28)42)26-12-10-25(11-13-26)37-24-6-4-3-5-7-24/h3-7,9-14,16,18,28-29,31,33,37,39-41H,8,15,17,19-20H2,1-2H3/b21-16+/t28-,29+,31-,33-/m1/s1. The number of aliphatic hydroxyl groups excluding tert-OH is 2. The number of phenolic OH excluding ortho intramolecular Hbond substituents is 1. The number of aliphatic hydroxyl groups is 2. The number of aromatic hydroxyl groups is 1. The lowest BCUT2D eigenvalue weighted by molar-refractivity contribution is -0.123. The van der Waals surface area contributed by atoms with Gasteiger partial charge in [-0.05, 0) is 97.5 Å². The van der Waals surface area contributed by atoms with Crippen LogP contribution in [0, 0.1) is 17.8 Å². The van der Waals surface area contributed by atoms with E-state index in [4.69, 9.17) is 16.3 Å². The van der Waals surface area contributed by atoms with Crippen molar-refractivity contribution in [3.8, 4) is 5.75 Å². The fourth-order valence-corrected chi connectivity index (χ4v) is 6.62. The smallest absolute Gasteiger partial charge is 0.238 e. The number of benzene rings is 3. The Balaban J connectivity index is 1.35. The molecular weight excluding hydrogens is 580 g/mol. The van der Waals surface area contributed by atoms with Crippen LogP contribution in [-0.2, 0) is 14.3 Å². The number of para-hydroxylation sites is 1. The first-order valence-corrected chi connectivity index (χ1v) is 15.0. The van der Waals surface area contributed by atoms with Crippen molar-refractivity contribution in [1.82, 2.24) is 0 Å². The summed E-state index contributed by atoms with van der Waals surface area (Å²) in [6.45, 7) is 1.73. The second-order valence-corrected chi connectivity index (χ2v) is 11.8. The van der Waals surface area contributed by atoms with Gasteiger partial charge >= 0.3 is 0 Å². The van der Waals surface area contributed by atoms with Gasteiger partial charge in [-0.1, -0.05) is 41.4 Å². The number of carbonyl (C=O) groups is 2. The summed E-state index contributed by atoms with van der Waals surface area (Å²) in [5, 5.41) is 35.4. The Morgan fingerprint density at radius 1 is 1.07 bits per heavy atom. The van der Waals surface area contributed by atoms with E-state index in [1.807, 2.05) is 55.5 Å². The van der Waals surface area contributed by atoms with Gasteiger partial charge in [0.05, 0.1) is 41.9 Å². The molecule has 44 heavy (non-hydrogen) atoms. The van der Waals surface area contributed by atoms with Crippen molar-refractivity contribution in [2.75, 3.05) is 30.5 Å². The Morgan fingerprint density at radius 2 is 1.77 bits per heavy atom. The Hall–Kier alpha value is -3.95. The largest absolute Gasteiger partial charge is 0.508 e. The van der Waals surface area contributed by atoms with Crippen molar-refractivity contribution in [3.05, 3.63) is 100 Å². The van der Waals surface area contributed by atoms with Gasteiger partial charge in [0, 0.05) is 24.4 Å². The molecule has 4 atom stereocenters. The summed E-state index contributed by atoms with van der Waals surface area (Å²) in [6, 6.07) is 21.6. The van der Waals surface area contributed by atoms with Crippen LogP contribution >= 0.6 is 11.6 Å². The predicted octanol–water partition coefficient (Wildman–Crippen LogP) is 6.09. The number of carbonyl (C=O) groups excluding carboxylic acids is 2. The molecule has 2 amide bonds. The Bertz CT molecular complexity index is 1570. The lowest BCUT2D eigenvalue weighted by Crippen LogP contribution is -2.39. The summed E-state index contributed by atoms with van der Waals surface area (Å²) in [5.74, 6) is -2.76. The van der Waals surface area contributed by atoms with E-state index in [9.17, 15) is 24.9 Å². The molecule has 3 aromatic rings. The van der Waals surface area contributed by atoms with Crippen molar-refractivity contribution >= 4 is 46.6 Å². The third-order valence-corrected chi connectivity index (χ3v) is 8.77. The van der Waals surface area contributed by atoms with Gasteiger partial charge in [0.25, 0.3) is 0 Å². The summed E-state index contributed by atoms with van der Waals surface area (Å²) < 4.78 is 5.45. The molecule has 4 N–H and O–H groups in total. The first kappa shape index (κ1) is 31.5. The monoisotopic (exact) mass is 616 g/mol. The average Bonchev–Trinajstić information content (AvgIpc) is 3.26. The maximum absolute atomic E-state index is 13.9. The molecule has 0 aromatic heterocycles. The highest BCUT2D eigenvalue weighted by molar-refractivity contribution is 6.32. The van der Waals surface area contributed by atoms with Crippen LogP contribution in [0.25, 0.3) is 6.08 Å². The summed E-state index contributed by atoms with van der Waals surface area (Å²) in [7, 11) is 1.55. The van der Waals surface area contributed by atoms with Crippen LogP contribution in [0.3, 0.4) is 0 Å². The molecule has 5 rings (SSSR count). The minimum atomic E-state index is -0.947. The number of anilines is 3. The van der Waals surface area contributed by atoms with Gasteiger partial charge in [-0.3, -0.25) is 14.5 Å². The quantitative estimate of drug-likeness (QED) is 0.152. The Morgan fingerprint density at radius 3 is 2.43 bits per heavy atom. The molecule has 1 saturated heterocycles. The van der Waals surface area contributed by atoms with E-state index in [1.54, 1.807) is 31.4 Å². The van der Waals surface area contributed by atoms with Gasteiger partial charge < -0.3 is 25.4 Å². The molecule has 0 spiro atoms. The fraction of sp³-hybridized carbons (Fsp3) is 0.314. The second kappa shape index (κ2) is 13.8. The molecule has 1 aliphatic heterocycles. The average molecular weight is 617 g/mol. The van der Waals surface area contributed by atoms with Gasteiger partial charge in [-0.25, -0.2) is 0 Å². The highest BCUT2D eigenvalue weighted by Crippen LogP contribution is 2.47. The summed E-state index contributed by atoms with van der Waals surface area (Å²) >= 11 is 6.25. The molecule has 3 aromatic carbocycles. The lowest BCUT2D eigenvalue weighted by Gasteiger charge is -2.36. The molecule has 0 radical (unpaired) electrons. The zero-order valence-electron chi connectivity index (χ0n) is 24.7. The molecule has 8 nitrogen and oxygen atoms in total. The minimum absolute atomic E-state index is 0.0825. The van der Waals surface area contributed by atoms with Gasteiger partial charge in [-0.15, -0.1) is 0 Å². The topological polar surface area (TPSA) is 119 Å². The second-order valence-electron chi connectivity index (χ2n) is 11.4. The number of halogens is 1. The van der Waals surface area contributed by atoms with E-state index in [1.165, 1.54) is 11.0 Å². The molecule has 0 saturated carbocycles. The Kier molecular flexibility index (Phi) is 9.86. The highest BCUT2D eigenvalue weighted by Gasteiger charge is 2.55. The molecule has 9 heteroatoms. The SMILES string of the molecule is COCC1=C([C@H](O)CC/C(C)=C/c2ccc(O)cc2Cl)[C@H](CO)[C@@H]2C(=O)N(c3ccc(Nc4ccccc4)cc3)C(=O)[C@@H]2C1. The van der Waals surface area contributed by atoms with Crippen molar-refractivity contribution in [3.63, 3.8) is 0 Å². The van der Waals surface area contributed by atoms with E-state index >= 15 is 0 Å². The van der Waals surface area contributed by atoms with Crippen LogP contribution in [-0.4, -0.2) is 53.6 Å². The number of ether oxygens (including phenoxy) is 1. The lowest BCUT2D eigenvalue weighted by atomic mass is 9.68. The van der Waals surface area contributed by atoms with Crippen LogP contribution in [0.4, 0.5) is 17.1 Å². The number of nitrogens with one attached hydrogen (secondary N) is 1. The number of nitrogens with zero attached hydrogens (tertiary/aromatic N) is 1. The van der Waals surface area contributed by atoms with Crippen LogP contribution < -0.4 is 10.2 Å². The van der Waals surface area contributed by atoms with E-state index in [0.29, 0.717) is 29.1 Å². The van der Waals surface area contributed by atoms with Crippen molar-refractivity contribution < 1.29 is 29.6 Å². The predicted molar refractivity (Wildman–Crippen MR) is 172 cm³/mol. The summed E-state index contributed by atoms with van der Waals surface area (Å²) in [4.78, 5) is 28.8. The van der Waals surface area contributed by atoms with Crippen molar-refractivity contribution in [2.45, 2.75) is 32.3 Å². The third-order valence-electron chi connectivity index (χ3n) is 8.44. The van der Waals surface area contributed by atoms with Gasteiger partial charge in [0.15, 0.2) is 0 Å². The summed E-state index contributed by atoms with van der Waals surface area (Å²) in [6.07, 6.45) is 2.09. The number of fused-ring (bicyclic) bond motifs is 1. The molecule has 230 valence electrons. The van der Waals surface area contributed by atoms with Crippen molar-refractivity contribution in [2.24, 2.45) is 17.8 Å². The number of allylic oxidation sites excluding steroid dienone is 1. The third kappa shape index (κ3) is 6.59. The maximum Gasteiger partial charge on any atom is 0.238 e. The van der Waals surface area contributed by atoms with Gasteiger partial charge in [-0.2, -0.15) is 0 Å². The number of hydrogen-bond donors (Lipinski definition) is 4. The van der Waals surface area contributed by atoms with Gasteiger partial charge in [0.2, 0.25) is 11.8 Å².